The standard InChI is InChI=1S/C18H18ClN5OS/c19-12-3-1-11(2-4-12)13(7-9-20)23-17(25)16-6-5-15(26-16)14-8-10-22-18(21)24-14/h1-6,8,10,13H,7,9,20H2,(H,23,25)(H2,21,22,24). The van der Waals surface area contributed by atoms with Crippen molar-refractivity contribution in [1.29, 1.82) is 0 Å². The van der Waals surface area contributed by atoms with E-state index in [-0.39, 0.29) is 17.9 Å². The summed E-state index contributed by atoms with van der Waals surface area (Å²) in [5, 5.41) is 3.69. The lowest BCUT2D eigenvalue weighted by atomic mass is 10.0. The van der Waals surface area contributed by atoms with Crippen LogP contribution in [-0.2, 0) is 0 Å². The van der Waals surface area contributed by atoms with E-state index in [1.165, 1.54) is 11.3 Å². The number of rotatable bonds is 6. The lowest BCUT2D eigenvalue weighted by molar-refractivity contribution is 0.0939. The van der Waals surface area contributed by atoms with E-state index < -0.39 is 0 Å². The third-order valence-corrected chi connectivity index (χ3v) is 5.15. The molecule has 26 heavy (non-hydrogen) atoms. The normalized spacial score (nSPS) is 11.9. The minimum absolute atomic E-state index is 0.156. The molecule has 5 N–H and O–H groups in total. The molecule has 1 amide bonds. The molecule has 0 aliphatic heterocycles. The van der Waals surface area contributed by atoms with E-state index in [0.29, 0.717) is 28.6 Å². The molecule has 6 nitrogen and oxygen atoms in total. The van der Waals surface area contributed by atoms with E-state index in [1.807, 2.05) is 18.2 Å². The Morgan fingerprint density at radius 2 is 1.96 bits per heavy atom. The second kappa shape index (κ2) is 8.27. The number of hydrogen-bond acceptors (Lipinski definition) is 6. The molecule has 1 aromatic carbocycles. The average Bonchev–Trinajstić information content (AvgIpc) is 3.12. The molecule has 3 rings (SSSR count). The number of carbonyl (C=O) groups excluding carboxylic acids is 1. The predicted molar refractivity (Wildman–Crippen MR) is 105 cm³/mol. The Kier molecular flexibility index (Phi) is 5.82. The van der Waals surface area contributed by atoms with Gasteiger partial charge in [-0.15, -0.1) is 11.3 Å². The Labute approximate surface area is 160 Å². The van der Waals surface area contributed by atoms with Crippen LogP contribution in [0.15, 0.2) is 48.7 Å². The number of nitrogens with one attached hydrogen (secondary N) is 1. The molecule has 3 aromatic rings. The van der Waals surface area contributed by atoms with Gasteiger partial charge in [0, 0.05) is 11.2 Å². The maximum absolute atomic E-state index is 12.7. The molecule has 0 aliphatic carbocycles. The highest BCUT2D eigenvalue weighted by Gasteiger charge is 2.17. The zero-order valence-electron chi connectivity index (χ0n) is 13.9. The van der Waals surface area contributed by atoms with Gasteiger partial charge in [0.2, 0.25) is 5.95 Å². The number of aromatic nitrogens is 2. The fourth-order valence-electron chi connectivity index (χ4n) is 2.52. The fourth-order valence-corrected chi connectivity index (χ4v) is 3.53. The number of carbonyl (C=O) groups is 1. The highest BCUT2D eigenvalue weighted by Crippen LogP contribution is 2.27. The number of halogens is 1. The van der Waals surface area contributed by atoms with Crippen LogP contribution >= 0.6 is 22.9 Å². The molecule has 0 saturated heterocycles. The van der Waals surface area contributed by atoms with Gasteiger partial charge in [-0.2, -0.15) is 0 Å². The summed E-state index contributed by atoms with van der Waals surface area (Å²) < 4.78 is 0. The van der Waals surface area contributed by atoms with Gasteiger partial charge in [0.05, 0.1) is 21.5 Å². The minimum atomic E-state index is -0.176. The van der Waals surface area contributed by atoms with Crippen molar-refractivity contribution in [3.8, 4) is 10.6 Å². The number of thiophene rings is 1. The molecule has 2 aromatic heterocycles. The van der Waals surface area contributed by atoms with Crippen LogP contribution in [0.1, 0.15) is 27.7 Å². The smallest absolute Gasteiger partial charge is 0.261 e. The van der Waals surface area contributed by atoms with Crippen LogP contribution < -0.4 is 16.8 Å². The lowest BCUT2D eigenvalue weighted by Crippen LogP contribution is -2.29. The van der Waals surface area contributed by atoms with Crippen molar-refractivity contribution < 1.29 is 4.79 Å². The first kappa shape index (κ1) is 18.3. The zero-order valence-corrected chi connectivity index (χ0v) is 15.4. The lowest BCUT2D eigenvalue weighted by Gasteiger charge is -2.18. The molecule has 2 heterocycles. The van der Waals surface area contributed by atoms with Crippen molar-refractivity contribution in [3.63, 3.8) is 0 Å². The van der Waals surface area contributed by atoms with Crippen LogP contribution in [0, 0.1) is 0 Å². The number of benzene rings is 1. The number of amides is 1. The molecular weight excluding hydrogens is 370 g/mol. The van der Waals surface area contributed by atoms with Crippen LogP contribution in [-0.4, -0.2) is 22.4 Å². The molecule has 0 spiro atoms. The Morgan fingerprint density at radius 1 is 1.19 bits per heavy atom. The fraction of sp³-hybridized carbons (Fsp3) is 0.167. The predicted octanol–water partition coefficient (Wildman–Crippen LogP) is 3.26. The van der Waals surface area contributed by atoms with Gasteiger partial charge < -0.3 is 16.8 Å². The maximum atomic E-state index is 12.7. The number of nitrogens with zero attached hydrogens (tertiary/aromatic N) is 2. The van der Waals surface area contributed by atoms with Gasteiger partial charge in [0.25, 0.3) is 5.91 Å². The third-order valence-electron chi connectivity index (χ3n) is 3.79. The highest BCUT2D eigenvalue weighted by molar-refractivity contribution is 7.17. The summed E-state index contributed by atoms with van der Waals surface area (Å²) in [5.41, 5.74) is 13.0. The van der Waals surface area contributed by atoms with E-state index in [1.54, 1.807) is 30.5 Å². The van der Waals surface area contributed by atoms with Gasteiger partial charge in [-0.1, -0.05) is 23.7 Å². The van der Waals surface area contributed by atoms with Gasteiger partial charge in [-0.3, -0.25) is 4.79 Å². The van der Waals surface area contributed by atoms with E-state index in [9.17, 15) is 4.79 Å². The molecule has 1 unspecified atom stereocenters. The quantitative estimate of drug-likeness (QED) is 0.601. The van der Waals surface area contributed by atoms with Crippen molar-refractivity contribution in [3.05, 3.63) is 64.1 Å². The molecule has 8 heteroatoms. The molecular formula is C18H18ClN5OS. The summed E-state index contributed by atoms with van der Waals surface area (Å²) in [5.74, 6) is 0.0457. The van der Waals surface area contributed by atoms with Crippen LogP contribution in [0.5, 0.6) is 0 Å². The topological polar surface area (TPSA) is 107 Å². The van der Waals surface area contributed by atoms with Crippen LogP contribution in [0.25, 0.3) is 10.6 Å². The first-order valence-electron chi connectivity index (χ1n) is 8.02. The second-order valence-electron chi connectivity index (χ2n) is 5.62. The van der Waals surface area contributed by atoms with Crippen molar-refractivity contribution in [2.45, 2.75) is 12.5 Å². The SMILES string of the molecule is NCCC(NC(=O)c1ccc(-c2ccnc(N)n2)s1)c1ccc(Cl)cc1. The number of nitrogens with two attached hydrogens (primary N) is 2. The van der Waals surface area contributed by atoms with E-state index >= 15 is 0 Å². The Hall–Kier alpha value is -2.48. The Balaban J connectivity index is 1.77. The largest absolute Gasteiger partial charge is 0.368 e. The third kappa shape index (κ3) is 4.37. The molecule has 0 aliphatic rings. The van der Waals surface area contributed by atoms with Crippen molar-refractivity contribution >= 4 is 34.8 Å². The second-order valence-corrected chi connectivity index (χ2v) is 7.14. The molecule has 0 radical (unpaired) electrons. The monoisotopic (exact) mass is 387 g/mol. The summed E-state index contributed by atoms with van der Waals surface area (Å²) in [6.45, 7) is 0.462. The highest BCUT2D eigenvalue weighted by atomic mass is 35.5. The van der Waals surface area contributed by atoms with Crippen LogP contribution in [0.3, 0.4) is 0 Å². The van der Waals surface area contributed by atoms with E-state index in [4.69, 9.17) is 23.1 Å². The van der Waals surface area contributed by atoms with Crippen molar-refractivity contribution in [1.82, 2.24) is 15.3 Å². The van der Waals surface area contributed by atoms with Gasteiger partial charge in [-0.05, 0) is 48.9 Å². The first-order chi connectivity index (χ1) is 12.6. The molecule has 0 bridgehead atoms. The summed E-state index contributed by atoms with van der Waals surface area (Å²) in [7, 11) is 0. The number of anilines is 1. The van der Waals surface area contributed by atoms with Gasteiger partial charge in [0.15, 0.2) is 0 Å². The Bertz CT molecular complexity index is 897. The van der Waals surface area contributed by atoms with Gasteiger partial charge in [-0.25, -0.2) is 9.97 Å². The van der Waals surface area contributed by atoms with Crippen LogP contribution in [0.4, 0.5) is 5.95 Å². The average molecular weight is 388 g/mol. The van der Waals surface area contributed by atoms with Crippen molar-refractivity contribution in [2.75, 3.05) is 12.3 Å². The summed E-state index contributed by atoms with van der Waals surface area (Å²) in [6, 6.07) is 12.6. The van der Waals surface area contributed by atoms with Crippen LogP contribution in [0.2, 0.25) is 5.02 Å². The molecule has 0 saturated carbocycles. The number of hydrogen-bond donors (Lipinski definition) is 3. The summed E-state index contributed by atoms with van der Waals surface area (Å²) in [4.78, 5) is 22.2. The summed E-state index contributed by atoms with van der Waals surface area (Å²) in [6.07, 6.45) is 2.23. The first-order valence-corrected chi connectivity index (χ1v) is 9.21. The van der Waals surface area contributed by atoms with E-state index in [0.717, 1.165) is 10.4 Å². The molecule has 1 atom stereocenters. The molecule has 0 fully saturated rings. The van der Waals surface area contributed by atoms with Crippen molar-refractivity contribution in [2.24, 2.45) is 5.73 Å². The Morgan fingerprint density at radius 3 is 2.65 bits per heavy atom. The minimum Gasteiger partial charge on any atom is -0.368 e. The summed E-state index contributed by atoms with van der Waals surface area (Å²) >= 11 is 7.29. The number of nitrogen functional groups attached to an aromatic ring is 1. The van der Waals surface area contributed by atoms with Gasteiger partial charge in [0.1, 0.15) is 0 Å². The molecule has 134 valence electrons. The van der Waals surface area contributed by atoms with Gasteiger partial charge >= 0.3 is 0 Å². The maximum Gasteiger partial charge on any atom is 0.261 e. The zero-order chi connectivity index (χ0) is 18.5. The van der Waals surface area contributed by atoms with E-state index in [2.05, 4.69) is 15.3 Å².